The number of aromatic amines is 1. The maximum atomic E-state index is 12.6. The van der Waals surface area contributed by atoms with Gasteiger partial charge in [0.1, 0.15) is 0 Å². The highest BCUT2D eigenvalue weighted by atomic mass is 35.5. The van der Waals surface area contributed by atoms with Gasteiger partial charge < -0.3 is 15.0 Å². The highest BCUT2D eigenvalue weighted by Crippen LogP contribution is 2.20. The highest BCUT2D eigenvalue weighted by Gasteiger charge is 2.22. The van der Waals surface area contributed by atoms with Crippen LogP contribution >= 0.6 is 11.6 Å². The summed E-state index contributed by atoms with van der Waals surface area (Å²) in [6, 6.07) is 13.8. The van der Waals surface area contributed by atoms with Crippen molar-refractivity contribution in [3.05, 3.63) is 70.9 Å². The van der Waals surface area contributed by atoms with Gasteiger partial charge in [-0.3, -0.25) is 14.4 Å². The van der Waals surface area contributed by atoms with Gasteiger partial charge in [0.2, 0.25) is 5.78 Å². The van der Waals surface area contributed by atoms with Crippen molar-refractivity contribution >= 4 is 40.2 Å². The SMILES string of the molecule is C[C@@H](OC(=O)CCNC(=O)c1ccc(Cl)cc1)C(=O)c1c[nH]c2ccccc12. The summed E-state index contributed by atoms with van der Waals surface area (Å²) in [4.78, 5) is 39.6. The highest BCUT2D eigenvalue weighted by molar-refractivity contribution is 6.30. The topological polar surface area (TPSA) is 88.3 Å². The molecule has 0 saturated heterocycles. The first-order chi connectivity index (χ1) is 13.5. The first-order valence-corrected chi connectivity index (χ1v) is 9.17. The molecule has 1 heterocycles. The Morgan fingerprint density at radius 1 is 1.11 bits per heavy atom. The summed E-state index contributed by atoms with van der Waals surface area (Å²) in [7, 11) is 0. The van der Waals surface area contributed by atoms with Gasteiger partial charge in [-0.15, -0.1) is 0 Å². The Morgan fingerprint density at radius 3 is 2.57 bits per heavy atom. The Kier molecular flexibility index (Phi) is 6.11. The van der Waals surface area contributed by atoms with Gasteiger partial charge in [0, 0.05) is 39.8 Å². The summed E-state index contributed by atoms with van der Waals surface area (Å²) in [5.41, 5.74) is 1.77. The van der Waals surface area contributed by atoms with Crippen LogP contribution in [0.5, 0.6) is 0 Å². The average molecular weight is 399 g/mol. The minimum Gasteiger partial charge on any atom is -0.454 e. The van der Waals surface area contributed by atoms with Gasteiger partial charge in [-0.05, 0) is 37.3 Å². The van der Waals surface area contributed by atoms with Gasteiger partial charge in [0.15, 0.2) is 6.10 Å². The Bertz CT molecular complexity index is 1010. The number of hydrogen-bond acceptors (Lipinski definition) is 4. The molecular formula is C21H19ClN2O4. The molecule has 2 N–H and O–H groups in total. The predicted octanol–water partition coefficient (Wildman–Crippen LogP) is 3.76. The number of ether oxygens (including phenoxy) is 1. The number of aromatic nitrogens is 1. The zero-order chi connectivity index (χ0) is 20.1. The van der Waals surface area contributed by atoms with E-state index < -0.39 is 12.1 Å². The zero-order valence-electron chi connectivity index (χ0n) is 15.2. The third-order valence-corrected chi connectivity index (χ3v) is 4.51. The van der Waals surface area contributed by atoms with Crippen LogP contribution < -0.4 is 5.32 Å². The zero-order valence-corrected chi connectivity index (χ0v) is 16.0. The predicted molar refractivity (Wildman–Crippen MR) is 107 cm³/mol. The molecule has 0 spiro atoms. The van der Waals surface area contributed by atoms with Gasteiger partial charge in [0.05, 0.1) is 6.42 Å². The van der Waals surface area contributed by atoms with Crippen LogP contribution in [-0.4, -0.2) is 35.3 Å². The number of esters is 1. The van der Waals surface area contributed by atoms with E-state index in [1.165, 1.54) is 6.92 Å². The first-order valence-electron chi connectivity index (χ1n) is 8.79. The Morgan fingerprint density at radius 2 is 1.82 bits per heavy atom. The molecule has 1 aromatic heterocycles. The van der Waals surface area contributed by atoms with Crippen molar-refractivity contribution < 1.29 is 19.1 Å². The second-order valence-electron chi connectivity index (χ2n) is 6.26. The lowest BCUT2D eigenvalue weighted by atomic mass is 10.1. The number of rotatable bonds is 7. The number of carbonyl (C=O) groups is 3. The third kappa shape index (κ3) is 4.58. The van der Waals surface area contributed by atoms with E-state index in [2.05, 4.69) is 10.3 Å². The second-order valence-corrected chi connectivity index (χ2v) is 6.69. The first kappa shape index (κ1) is 19.6. The number of halogens is 1. The fourth-order valence-corrected chi connectivity index (χ4v) is 2.91. The van der Waals surface area contributed by atoms with Crippen LogP contribution in [0.15, 0.2) is 54.7 Å². The molecule has 2 aromatic carbocycles. The molecule has 0 aliphatic heterocycles. The quantitative estimate of drug-likeness (QED) is 0.468. The molecular weight excluding hydrogens is 380 g/mol. The maximum Gasteiger partial charge on any atom is 0.308 e. The van der Waals surface area contributed by atoms with Crippen LogP contribution in [0.1, 0.15) is 34.1 Å². The van der Waals surface area contributed by atoms with E-state index in [1.807, 2.05) is 24.3 Å². The van der Waals surface area contributed by atoms with E-state index in [0.717, 1.165) is 10.9 Å². The van der Waals surface area contributed by atoms with Crippen LogP contribution in [0.4, 0.5) is 0 Å². The lowest BCUT2D eigenvalue weighted by Gasteiger charge is -2.12. The number of para-hydroxylation sites is 1. The fourth-order valence-electron chi connectivity index (χ4n) is 2.79. The van der Waals surface area contributed by atoms with E-state index in [9.17, 15) is 14.4 Å². The van der Waals surface area contributed by atoms with E-state index in [1.54, 1.807) is 30.5 Å². The summed E-state index contributed by atoms with van der Waals surface area (Å²) < 4.78 is 5.22. The Balaban J connectivity index is 1.49. The summed E-state index contributed by atoms with van der Waals surface area (Å²) in [6.45, 7) is 1.64. The molecule has 0 unspecified atom stereocenters. The molecule has 1 atom stereocenters. The Labute approximate surface area is 166 Å². The second kappa shape index (κ2) is 8.71. The van der Waals surface area contributed by atoms with E-state index in [-0.39, 0.29) is 24.7 Å². The minimum absolute atomic E-state index is 0.0369. The molecule has 3 rings (SSSR count). The van der Waals surface area contributed by atoms with Gasteiger partial charge in [-0.2, -0.15) is 0 Å². The largest absolute Gasteiger partial charge is 0.454 e. The molecule has 144 valence electrons. The molecule has 0 aliphatic rings. The number of benzene rings is 2. The van der Waals surface area contributed by atoms with Crippen LogP contribution in [-0.2, 0) is 9.53 Å². The van der Waals surface area contributed by atoms with Crippen molar-refractivity contribution in [3.63, 3.8) is 0 Å². The number of nitrogens with one attached hydrogen (secondary N) is 2. The van der Waals surface area contributed by atoms with Crippen molar-refractivity contribution in [2.45, 2.75) is 19.4 Å². The molecule has 7 heteroatoms. The fraction of sp³-hybridized carbons (Fsp3) is 0.190. The van der Waals surface area contributed by atoms with Gasteiger partial charge >= 0.3 is 5.97 Å². The Hall–Kier alpha value is -3.12. The standard InChI is InChI=1S/C21H19ClN2O4/c1-13(20(26)17-12-24-18-5-3-2-4-16(17)18)28-19(25)10-11-23-21(27)14-6-8-15(22)9-7-14/h2-9,12-13,24H,10-11H2,1H3,(H,23,27)/t13-/m1/s1. The van der Waals surface area contributed by atoms with Gasteiger partial charge in [-0.1, -0.05) is 29.8 Å². The van der Waals surface area contributed by atoms with E-state index >= 15 is 0 Å². The van der Waals surface area contributed by atoms with Crippen molar-refractivity contribution in [2.24, 2.45) is 0 Å². The minimum atomic E-state index is -0.918. The number of carbonyl (C=O) groups excluding carboxylic acids is 3. The van der Waals surface area contributed by atoms with Crippen LogP contribution in [0.25, 0.3) is 10.9 Å². The van der Waals surface area contributed by atoms with Crippen molar-refractivity contribution in [3.8, 4) is 0 Å². The van der Waals surface area contributed by atoms with Crippen LogP contribution in [0, 0.1) is 0 Å². The molecule has 0 fully saturated rings. The molecule has 6 nitrogen and oxygen atoms in total. The van der Waals surface area contributed by atoms with Crippen molar-refractivity contribution in [1.82, 2.24) is 10.3 Å². The maximum absolute atomic E-state index is 12.6. The smallest absolute Gasteiger partial charge is 0.308 e. The third-order valence-electron chi connectivity index (χ3n) is 4.25. The summed E-state index contributed by atoms with van der Waals surface area (Å²) in [6.07, 6.45) is 0.660. The number of H-pyrrole nitrogens is 1. The lowest BCUT2D eigenvalue weighted by molar-refractivity contribution is -0.146. The molecule has 0 saturated carbocycles. The van der Waals surface area contributed by atoms with Gasteiger partial charge in [-0.25, -0.2) is 0 Å². The lowest BCUT2D eigenvalue weighted by Crippen LogP contribution is -2.29. The van der Waals surface area contributed by atoms with Crippen molar-refractivity contribution in [1.29, 1.82) is 0 Å². The monoisotopic (exact) mass is 398 g/mol. The number of amides is 1. The number of Topliss-reactive ketones (excluding diaryl/α,β-unsaturated/α-hetero) is 1. The number of ketones is 1. The summed E-state index contributed by atoms with van der Waals surface area (Å²) in [5, 5.41) is 3.95. The van der Waals surface area contributed by atoms with Crippen LogP contribution in [0.3, 0.4) is 0 Å². The van der Waals surface area contributed by atoms with Crippen LogP contribution in [0.2, 0.25) is 5.02 Å². The van der Waals surface area contributed by atoms with E-state index in [0.29, 0.717) is 16.1 Å². The van der Waals surface area contributed by atoms with Crippen molar-refractivity contribution in [2.75, 3.05) is 6.54 Å². The summed E-state index contributed by atoms with van der Waals surface area (Å²) in [5.74, 6) is -1.15. The molecule has 0 bridgehead atoms. The molecule has 28 heavy (non-hydrogen) atoms. The molecule has 0 aliphatic carbocycles. The molecule has 3 aromatic rings. The normalized spacial score (nSPS) is 11.8. The molecule has 0 radical (unpaired) electrons. The number of fused-ring (bicyclic) bond motifs is 1. The number of hydrogen-bond donors (Lipinski definition) is 2. The molecule has 1 amide bonds. The summed E-state index contributed by atoms with van der Waals surface area (Å²) >= 11 is 5.78. The average Bonchev–Trinajstić information content (AvgIpc) is 3.11. The van der Waals surface area contributed by atoms with E-state index in [4.69, 9.17) is 16.3 Å². The van der Waals surface area contributed by atoms with Gasteiger partial charge in [0.25, 0.3) is 5.91 Å².